The van der Waals surface area contributed by atoms with E-state index < -0.39 is 0 Å². The first-order chi connectivity index (χ1) is 9.75. The van der Waals surface area contributed by atoms with Gasteiger partial charge in [0, 0.05) is 24.0 Å². The smallest absolute Gasteiger partial charge is 0.236 e. The number of hydrogen-bond acceptors (Lipinski definition) is 3. The fourth-order valence-electron chi connectivity index (χ4n) is 3.56. The lowest BCUT2D eigenvalue weighted by molar-refractivity contribution is -0.116. The van der Waals surface area contributed by atoms with Gasteiger partial charge in [-0.05, 0) is 43.4 Å². The number of fused-ring (bicyclic) bond motifs is 1. The third kappa shape index (κ3) is 2.60. The summed E-state index contributed by atoms with van der Waals surface area (Å²) in [5, 5.41) is 3.46. The first-order valence-electron chi connectivity index (χ1n) is 7.66. The zero-order valence-corrected chi connectivity index (χ0v) is 11.9. The van der Waals surface area contributed by atoms with E-state index in [0.29, 0.717) is 12.6 Å². The average Bonchev–Trinajstić information content (AvgIpc) is 2.98. The number of carbonyl (C=O) groups excluding carboxylic acids is 1. The van der Waals surface area contributed by atoms with E-state index in [1.54, 1.807) is 0 Å². The number of anilines is 2. The van der Waals surface area contributed by atoms with Crippen molar-refractivity contribution in [3.63, 3.8) is 0 Å². The van der Waals surface area contributed by atoms with Crippen LogP contribution in [0.1, 0.15) is 37.7 Å². The van der Waals surface area contributed by atoms with Gasteiger partial charge in [0.05, 0.1) is 6.54 Å². The average molecular weight is 273 g/mol. The number of carbonyl (C=O) groups is 1. The van der Waals surface area contributed by atoms with Crippen LogP contribution in [0.3, 0.4) is 0 Å². The van der Waals surface area contributed by atoms with Gasteiger partial charge in [0.25, 0.3) is 0 Å². The van der Waals surface area contributed by atoms with Crippen molar-refractivity contribution in [2.75, 3.05) is 23.3 Å². The highest BCUT2D eigenvalue weighted by atomic mass is 16.1. The van der Waals surface area contributed by atoms with Crippen molar-refractivity contribution >= 4 is 17.3 Å². The molecule has 1 aliphatic carbocycles. The molecule has 1 aromatic rings. The second-order valence-electron chi connectivity index (χ2n) is 5.87. The van der Waals surface area contributed by atoms with E-state index in [1.807, 2.05) is 0 Å². The highest BCUT2D eigenvalue weighted by molar-refractivity contribution is 5.81. The highest BCUT2D eigenvalue weighted by Crippen LogP contribution is 2.35. The van der Waals surface area contributed by atoms with Crippen LogP contribution in [0.25, 0.3) is 0 Å². The van der Waals surface area contributed by atoms with Gasteiger partial charge >= 0.3 is 0 Å². The van der Waals surface area contributed by atoms with Crippen molar-refractivity contribution in [2.24, 2.45) is 5.73 Å². The van der Waals surface area contributed by atoms with Gasteiger partial charge in [-0.2, -0.15) is 0 Å². The molecular formula is C16H23N3O. The molecule has 1 saturated carbocycles. The van der Waals surface area contributed by atoms with E-state index in [4.69, 9.17) is 5.73 Å². The number of primary amides is 1. The lowest BCUT2D eigenvalue weighted by atomic mass is 9.99. The van der Waals surface area contributed by atoms with E-state index in [-0.39, 0.29) is 5.91 Å². The molecule has 0 unspecified atom stereocenters. The summed E-state index contributed by atoms with van der Waals surface area (Å²) in [6.07, 6.45) is 7.09. The van der Waals surface area contributed by atoms with Gasteiger partial charge in [0.15, 0.2) is 0 Å². The number of benzene rings is 1. The molecular weight excluding hydrogens is 250 g/mol. The molecule has 0 saturated heterocycles. The van der Waals surface area contributed by atoms with Crippen molar-refractivity contribution in [1.82, 2.24) is 0 Å². The van der Waals surface area contributed by atoms with Gasteiger partial charge in [-0.15, -0.1) is 0 Å². The largest absolute Gasteiger partial charge is 0.385 e. The molecule has 4 nitrogen and oxygen atoms in total. The topological polar surface area (TPSA) is 58.4 Å². The summed E-state index contributed by atoms with van der Waals surface area (Å²) in [5.41, 5.74) is 9.26. The Morgan fingerprint density at radius 1 is 1.30 bits per heavy atom. The van der Waals surface area contributed by atoms with Gasteiger partial charge in [-0.1, -0.05) is 18.9 Å². The van der Waals surface area contributed by atoms with Gasteiger partial charge in [-0.3, -0.25) is 4.79 Å². The van der Waals surface area contributed by atoms with Crippen LogP contribution >= 0.6 is 0 Å². The van der Waals surface area contributed by atoms with Crippen molar-refractivity contribution in [3.8, 4) is 0 Å². The maximum atomic E-state index is 11.5. The van der Waals surface area contributed by atoms with E-state index >= 15 is 0 Å². The molecule has 0 aromatic heterocycles. The molecule has 1 heterocycles. The normalized spacial score (nSPS) is 18.4. The molecule has 3 N–H and O–H groups in total. The zero-order chi connectivity index (χ0) is 13.9. The van der Waals surface area contributed by atoms with Crippen LogP contribution in [0.4, 0.5) is 11.4 Å². The monoisotopic (exact) mass is 273 g/mol. The highest BCUT2D eigenvalue weighted by Gasteiger charge is 2.26. The second kappa shape index (κ2) is 5.73. The molecule has 1 fully saturated rings. The minimum atomic E-state index is -0.238. The summed E-state index contributed by atoms with van der Waals surface area (Å²) in [7, 11) is 0. The fourth-order valence-corrected chi connectivity index (χ4v) is 3.56. The second-order valence-corrected chi connectivity index (χ2v) is 5.87. The van der Waals surface area contributed by atoms with Crippen LogP contribution in [0.15, 0.2) is 18.2 Å². The van der Waals surface area contributed by atoms with Crippen LogP contribution in [0.5, 0.6) is 0 Å². The molecule has 20 heavy (non-hydrogen) atoms. The molecule has 0 radical (unpaired) electrons. The van der Waals surface area contributed by atoms with Crippen LogP contribution in [-0.4, -0.2) is 25.0 Å². The summed E-state index contributed by atoms with van der Waals surface area (Å²) in [6, 6.07) is 6.83. The maximum absolute atomic E-state index is 11.5. The van der Waals surface area contributed by atoms with E-state index in [2.05, 4.69) is 28.4 Å². The molecule has 0 spiro atoms. The van der Waals surface area contributed by atoms with Crippen molar-refractivity contribution in [1.29, 1.82) is 0 Å². The molecule has 1 aromatic carbocycles. The summed E-state index contributed by atoms with van der Waals surface area (Å²) in [4.78, 5) is 13.7. The number of amides is 1. The maximum Gasteiger partial charge on any atom is 0.236 e. The Morgan fingerprint density at radius 2 is 2.10 bits per heavy atom. The summed E-state index contributed by atoms with van der Waals surface area (Å²) in [6.45, 7) is 1.37. The Bertz CT molecular complexity index is 494. The summed E-state index contributed by atoms with van der Waals surface area (Å²) < 4.78 is 0. The fraction of sp³-hybridized carbons (Fsp3) is 0.562. The molecule has 2 aliphatic rings. The van der Waals surface area contributed by atoms with Crippen molar-refractivity contribution in [2.45, 2.75) is 44.6 Å². The summed E-state index contributed by atoms with van der Waals surface area (Å²) in [5.74, 6) is -0.238. The third-order valence-corrected chi connectivity index (χ3v) is 4.47. The van der Waals surface area contributed by atoms with Crippen molar-refractivity contribution in [3.05, 3.63) is 23.8 Å². The minimum absolute atomic E-state index is 0.238. The SMILES string of the molecule is NC(=O)CN(c1cccc2c1CCCN2)C1CCCC1. The Labute approximate surface area is 120 Å². The van der Waals surface area contributed by atoms with Gasteiger partial charge in [0.2, 0.25) is 5.91 Å². The molecule has 1 amide bonds. The number of nitrogens with one attached hydrogen (secondary N) is 1. The quantitative estimate of drug-likeness (QED) is 0.885. The first kappa shape index (κ1) is 13.3. The zero-order valence-electron chi connectivity index (χ0n) is 11.9. The van der Waals surface area contributed by atoms with Crippen LogP contribution in [-0.2, 0) is 11.2 Å². The Hall–Kier alpha value is -1.71. The summed E-state index contributed by atoms with van der Waals surface area (Å²) >= 11 is 0. The lowest BCUT2D eigenvalue weighted by Gasteiger charge is -2.33. The van der Waals surface area contributed by atoms with Crippen LogP contribution < -0.4 is 16.0 Å². The number of hydrogen-bond donors (Lipinski definition) is 2. The Kier molecular flexibility index (Phi) is 3.81. The molecule has 0 bridgehead atoms. The van der Waals surface area contributed by atoms with Gasteiger partial charge < -0.3 is 16.0 Å². The van der Waals surface area contributed by atoms with Gasteiger partial charge in [-0.25, -0.2) is 0 Å². The lowest BCUT2D eigenvalue weighted by Crippen LogP contribution is -2.41. The molecule has 3 rings (SSSR count). The van der Waals surface area contributed by atoms with Crippen molar-refractivity contribution < 1.29 is 4.79 Å². The van der Waals surface area contributed by atoms with E-state index in [9.17, 15) is 4.79 Å². The Morgan fingerprint density at radius 3 is 2.85 bits per heavy atom. The number of rotatable bonds is 4. The van der Waals surface area contributed by atoms with E-state index in [1.165, 1.54) is 42.6 Å². The third-order valence-electron chi connectivity index (χ3n) is 4.47. The predicted molar refractivity (Wildman–Crippen MR) is 82.0 cm³/mol. The molecule has 1 aliphatic heterocycles. The number of nitrogens with zero attached hydrogens (tertiary/aromatic N) is 1. The van der Waals surface area contributed by atoms with Crippen LogP contribution in [0, 0.1) is 0 Å². The first-order valence-corrected chi connectivity index (χ1v) is 7.66. The van der Waals surface area contributed by atoms with Crippen LogP contribution in [0.2, 0.25) is 0 Å². The standard InChI is InChI=1S/C16H23N3O/c17-16(20)11-19(12-5-1-2-6-12)15-9-3-8-14-13(15)7-4-10-18-14/h3,8-9,12,18H,1-2,4-7,10-11H2,(H2,17,20). The molecule has 0 atom stereocenters. The predicted octanol–water partition coefficient (Wildman–Crippen LogP) is 2.28. The Balaban J connectivity index is 1.95. The molecule has 4 heteroatoms. The van der Waals surface area contributed by atoms with Gasteiger partial charge in [0.1, 0.15) is 0 Å². The number of nitrogens with two attached hydrogens (primary N) is 1. The minimum Gasteiger partial charge on any atom is -0.385 e. The van der Waals surface area contributed by atoms with E-state index in [0.717, 1.165) is 19.4 Å². The molecule has 108 valence electrons.